The largest absolute Gasteiger partial charge is 0.304 e. The van der Waals surface area contributed by atoms with Gasteiger partial charge in [-0.1, -0.05) is 6.07 Å². The number of hydrogen-bond donors (Lipinski definition) is 0. The van der Waals surface area contributed by atoms with Crippen molar-refractivity contribution in [1.29, 1.82) is 0 Å². The van der Waals surface area contributed by atoms with Crippen molar-refractivity contribution in [2.45, 2.75) is 31.2 Å². The smallest absolute Gasteiger partial charge is 0.246 e. The minimum Gasteiger partial charge on any atom is -0.304 e. The van der Waals surface area contributed by atoms with E-state index in [9.17, 15) is 8.42 Å². The highest BCUT2D eigenvalue weighted by Gasteiger charge is 2.38. The third-order valence-corrected chi connectivity index (χ3v) is 8.71. The molecule has 1 fully saturated rings. The fourth-order valence-electron chi connectivity index (χ4n) is 4.25. The van der Waals surface area contributed by atoms with E-state index in [1.807, 2.05) is 29.6 Å². The van der Waals surface area contributed by atoms with Crippen LogP contribution < -0.4 is 0 Å². The highest BCUT2D eigenvalue weighted by atomic mass is 32.2. The summed E-state index contributed by atoms with van der Waals surface area (Å²) in [4.78, 5) is 10.7. The second kappa shape index (κ2) is 7.00. The van der Waals surface area contributed by atoms with Crippen LogP contribution in [-0.4, -0.2) is 50.1 Å². The van der Waals surface area contributed by atoms with Crippen molar-refractivity contribution in [1.82, 2.24) is 28.6 Å². The molecule has 1 unspecified atom stereocenters. The summed E-state index contributed by atoms with van der Waals surface area (Å²) in [5, 5.41) is 6.31. The number of nitrogens with zero attached hydrogens (tertiary/aromatic N) is 6. The second-order valence-corrected chi connectivity index (χ2v) is 10.4. The predicted octanol–water partition coefficient (Wildman–Crippen LogP) is 3.15. The molecule has 8 nitrogen and oxygen atoms in total. The van der Waals surface area contributed by atoms with E-state index in [1.165, 1.54) is 0 Å². The van der Waals surface area contributed by atoms with E-state index in [2.05, 4.69) is 14.6 Å². The molecule has 1 saturated heterocycles. The summed E-state index contributed by atoms with van der Waals surface area (Å²) in [6, 6.07) is 7.82. The van der Waals surface area contributed by atoms with Crippen molar-refractivity contribution < 1.29 is 8.42 Å². The summed E-state index contributed by atoms with van der Waals surface area (Å²) in [5.41, 5.74) is 2.80. The third kappa shape index (κ3) is 2.90. The highest BCUT2D eigenvalue weighted by Crippen LogP contribution is 2.36. The molecule has 0 amide bonds. The first-order chi connectivity index (χ1) is 14.4. The van der Waals surface area contributed by atoms with Crippen LogP contribution in [0.2, 0.25) is 0 Å². The van der Waals surface area contributed by atoms with Crippen LogP contribution in [0.15, 0.2) is 40.7 Å². The Hall–Kier alpha value is -2.56. The Labute approximate surface area is 178 Å². The Bertz CT molecular complexity index is 1340. The number of aryl methyl sites for hydroxylation is 2. The van der Waals surface area contributed by atoms with Crippen molar-refractivity contribution >= 4 is 32.5 Å². The normalized spacial score (nSPS) is 17.9. The molecule has 1 aliphatic heterocycles. The molecular weight excluding hydrogens is 420 g/mol. The van der Waals surface area contributed by atoms with E-state index in [0.29, 0.717) is 35.8 Å². The molecule has 0 N–H and O–H groups in total. The highest BCUT2D eigenvalue weighted by molar-refractivity contribution is 7.89. The average Bonchev–Trinajstić information content (AvgIpc) is 3.47. The molecule has 1 atom stereocenters. The number of fused-ring (bicyclic) bond motifs is 1. The first-order valence-electron chi connectivity index (χ1n) is 9.75. The Morgan fingerprint density at radius 1 is 1.20 bits per heavy atom. The topological polar surface area (TPSA) is 85.9 Å². The van der Waals surface area contributed by atoms with Crippen LogP contribution in [0, 0.1) is 13.8 Å². The molecule has 4 aromatic heterocycles. The molecule has 30 heavy (non-hydrogen) atoms. The van der Waals surface area contributed by atoms with Crippen molar-refractivity contribution in [2.75, 3.05) is 13.1 Å². The van der Waals surface area contributed by atoms with Gasteiger partial charge in [0.15, 0.2) is 11.5 Å². The number of pyridine rings is 1. The van der Waals surface area contributed by atoms with Crippen molar-refractivity contribution in [3.63, 3.8) is 0 Å². The Balaban J connectivity index is 1.55. The molecule has 1 aliphatic rings. The van der Waals surface area contributed by atoms with Crippen molar-refractivity contribution in [2.24, 2.45) is 7.05 Å². The van der Waals surface area contributed by atoms with Gasteiger partial charge < -0.3 is 4.57 Å². The number of rotatable bonds is 4. The first kappa shape index (κ1) is 19.4. The zero-order valence-electron chi connectivity index (χ0n) is 17.0. The standard InChI is InChI=1S/C20H22N6O2S2/c1-13-18(14(2)24(3)23-13)30(27,28)25-10-8-15(12-25)26-19-16(6-4-9-21-19)22-20(26)17-7-5-11-29-17/h4-7,9,11,15H,8,10,12H2,1-3H3. The summed E-state index contributed by atoms with van der Waals surface area (Å²) < 4.78 is 32.1. The lowest BCUT2D eigenvalue weighted by atomic mass is 10.2. The number of aromatic nitrogens is 5. The first-order valence-corrected chi connectivity index (χ1v) is 12.1. The van der Waals surface area contributed by atoms with Gasteiger partial charge in [-0.15, -0.1) is 11.3 Å². The molecule has 156 valence electrons. The second-order valence-electron chi connectivity index (χ2n) is 7.56. The lowest BCUT2D eigenvalue weighted by Gasteiger charge is -2.18. The molecule has 0 spiro atoms. The Morgan fingerprint density at radius 3 is 2.73 bits per heavy atom. The van der Waals surface area contributed by atoms with Gasteiger partial charge in [0.25, 0.3) is 0 Å². The van der Waals surface area contributed by atoms with Gasteiger partial charge >= 0.3 is 0 Å². The number of thiophene rings is 1. The van der Waals surface area contributed by atoms with Gasteiger partial charge in [0.05, 0.1) is 22.3 Å². The van der Waals surface area contributed by atoms with E-state index < -0.39 is 10.0 Å². The number of hydrogen-bond acceptors (Lipinski definition) is 6. The molecule has 0 saturated carbocycles. The maximum atomic E-state index is 13.4. The van der Waals surface area contributed by atoms with E-state index in [4.69, 9.17) is 4.98 Å². The summed E-state index contributed by atoms with van der Waals surface area (Å²) in [5.74, 6) is 0.844. The fourth-order valence-corrected chi connectivity index (χ4v) is 6.85. The number of imidazole rings is 1. The van der Waals surface area contributed by atoms with E-state index >= 15 is 0 Å². The SMILES string of the molecule is Cc1nn(C)c(C)c1S(=O)(=O)N1CCC(n2c(-c3cccs3)nc3cccnc32)C1. The molecule has 0 bridgehead atoms. The van der Waals surface area contributed by atoms with Gasteiger partial charge in [0, 0.05) is 26.3 Å². The van der Waals surface area contributed by atoms with E-state index in [-0.39, 0.29) is 6.04 Å². The summed E-state index contributed by atoms with van der Waals surface area (Å²) >= 11 is 1.62. The van der Waals surface area contributed by atoms with Gasteiger partial charge in [-0.05, 0) is 43.8 Å². The molecule has 0 radical (unpaired) electrons. The lowest BCUT2D eigenvalue weighted by Crippen LogP contribution is -2.30. The molecular formula is C20H22N6O2S2. The summed E-state index contributed by atoms with van der Waals surface area (Å²) in [7, 11) is -1.86. The predicted molar refractivity (Wildman–Crippen MR) is 116 cm³/mol. The third-order valence-electron chi connectivity index (χ3n) is 5.72. The Morgan fingerprint density at radius 2 is 2.03 bits per heavy atom. The molecule has 4 aromatic rings. The zero-order valence-corrected chi connectivity index (χ0v) is 18.6. The van der Waals surface area contributed by atoms with Crippen LogP contribution in [0.3, 0.4) is 0 Å². The maximum absolute atomic E-state index is 13.4. The lowest BCUT2D eigenvalue weighted by molar-refractivity contribution is 0.454. The zero-order chi connectivity index (χ0) is 21.0. The summed E-state index contributed by atoms with van der Waals surface area (Å²) in [6.07, 6.45) is 2.46. The average molecular weight is 443 g/mol. The van der Waals surface area contributed by atoms with Crippen molar-refractivity contribution in [3.8, 4) is 10.7 Å². The Kier molecular flexibility index (Phi) is 4.53. The minimum absolute atomic E-state index is 0.0333. The fraction of sp³-hybridized carbons (Fsp3) is 0.350. The van der Waals surface area contributed by atoms with Gasteiger partial charge in [-0.25, -0.2) is 18.4 Å². The van der Waals surface area contributed by atoms with Crippen LogP contribution >= 0.6 is 11.3 Å². The molecule has 10 heteroatoms. The van der Waals surface area contributed by atoms with Gasteiger partial charge in [0.2, 0.25) is 10.0 Å². The maximum Gasteiger partial charge on any atom is 0.246 e. The molecule has 5 heterocycles. The monoisotopic (exact) mass is 442 g/mol. The summed E-state index contributed by atoms with van der Waals surface area (Å²) in [6.45, 7) is 4.38. The minimum atomic E-state index is -3.62. The van der Waals surface area contributed by atoms with Gasteiger partial charge in [-0.3, -0.25) is 4.68 Å². The van der Waals surface area contributed by atoms with Gasteiger partial charge in [-0.2, -0.15) is 9.40 Å². The van der Waals surface area contributed by atoms with Gasteiger partial charge in [0.1, 0.15) is 10.4 Å². The molecule has 5 rings (SSSR count). The van der Waals surface area contributed by atoms with Crippen LogP contribution in [0.5, 0.6) is 0 Å². The van der Waals surface area contributed by atoms with Crippen LogP contribution in [0.4, 0.5) is 0 Å². The van der Waals surface area contributed by atoms with Crippen LogP contribution in [0.1, 0.15) is 23.9 Å². The molecule has 0 aromatic carbocycles. The van der Waals surface area contributed by atoms with Crippen molar-refractivity contribution in [3.05, 3.63) is 47.2 Å². The molecule has 0 aliphatic carbocycles. The van der Waals surface area contributed by atoms with Crippen LogP contribution in [0.25, 0.3) is 21.9 Å². The number of sulfonamides is 1. The van der Waals surface area contributed by atoms with E-state index in [0.717, 1.165) is 21.9 Å². The quantitative estimate of drug-likeness (QED) is 0.485. The van der Waals surface area contributed by atoms with E-state index in [1.54, 1.807) is 47.4 Å². The van der Waals surface area contributed by atoms with Crippen LogP contribution in [-0.2, 0) is 17.1 Å².